The van der Waals surface area contributed by atoms with Gasteiger partial charge in [-0.25, -0.2) is 0 Å². The molecule has 2 unspecified atom stereocenters. The molecule has 0 aromatic heterocycles. The van der Waals surface area contributed by atoms with Crippen molar-refractivity contribution in [3.63, 3.8) is 0 Å². The molecule has 0 aliphatic carbocycles. The van der Waals surface area contributed by atoms with Gasteiger partial charge in [0.1, 0.15) is 0 Å². The van der Waals surface area contributed by atoms with Gasteiger partial charge >= 0.3 is 0 Å². The van der Waals surface area contributed by atoms with Crippen molar-refractivity contribution in [1.29, 1.82) is 0 Å². The number of carbonyl (C=O) groups excluding carboxylic acids is 1. The number of amides is 1. The number of likely N-dealkylation sites (tertiary alicyclic amines) is 1. The van der Waals surface area contributed by atoms with Crippen LogP contribution in [0, 0.1) is 0 Å². The Morgan fingerprint density at radius 1 is 1.53 bits per heavy atom. The van der Waals surface area contributed by atoms with Crippen LogP contribution >= 0.6 is 12.4 Å². The summed E-state index contributed by atoms with van der Waals surface area (Å²) in [5, 5.41) is 3.00. The van der Waals surface area contributed by atoms with Gasteiger partial charge in [0.15, 0.2) is 0 Å². The van der Waals surface area contributed by atoms with Crippen LogP contribution in [0.5, 0.6) is 0 Å². The normalized spacial score (nSPS) is 22.6. The molecule has 4 nitrogen and oxygen atoms in total. The lowest BCUT2D eigenvalue weighted by Crippen LogP contribution is -2.49. The van der Waals surface area contributed by atoms with Crippen LogP contribution in [0.15, 0.2) is 0 Å². The van der Waals surface area contributed by atoms with E-state index in [-0.39, 0.29) is 24.4 Å². The fourth-order valence-corrected chi connectivity index (χ4v) is 2.14. The van der Waals surface area contributed by atoms with Crippen molar-refractivity contribution >= 4 is 18.3 Å². The van der Waals surface area contributed by atoms with Crippen molar-refractivity contribution in [3.05, 3.63) is 0 Å². The molecule has 5 heteroatoms. The molecule has 102 valence electrons. The number of nitrogens with one attached hydrogen (secondary N) is 1. The smallest absolute Gasteiger partial charge is 0.234 e. The molecule has 1 fully saturated rings. The Kier molecular flexibility index (Phi) is 8.56. The predicted molar refractivity (Wildman–Crippen MR) is 73.4 cm³/mol. The van der Waals surface area contributed by atoms with Crippen LogP contribution in [0.2, 0.25) is 0 Å². The predicted octanol–water partition coefficient (Wildman–Crippen LogP) is 1.14. The third-order valence-electron chi connectivity index (χ3n) is 3.39. The summed E-state index contributed by atoms with van der Waals surface area (Å²) in [5.41, 5.74) is 5.72. The first kappa shape index (κ1) is 16.7. The van der Waals surface area contributed by atoms with Gasteiger partial charge < -0.3 is 11.1 Å². The van der Waals surface area contributed by atoms with Gasteiger partial charge in [-0.2, -0.15) is 0 Å². The minimum absolute atomic E-state index is 0. The molecule has 1 aliphatic heterocycles. The molecular formula is C12H26ClN3O. The van der Waals surface area contributed by atoms with Crippen molar-refractivity contribution in [2.75, 3.05) is 19.6 Å². The number of rotatable bonds is 5. The lowest BCUT2D eigenvalue weighted by molar-refractivity contribution is -0.123. The minimum Gasteiger partial charge on any atom is -0.353 e. The summed E-state index contributed by atoms with van der Waals surface area (Å²) in [6.07, 6.45) is 4.54. The van der Waals surface area contributed by atoms with E-state index in [1.807, 2.05) is 6.92 Å². The molecule has 0 radical (unpaired) electrons. The number of hydrogen-bond donors (Lipinski definition) is 2. The van der Waals surface area contributed by atoms with Crippen LogP contribution in [0.1, 0.15) is 39.5 Å². The Morgan fingerprint density at radius 3 is 2.82 bits per heavy atom. The van der Waals surface area contributed by atoms with E-state index in [4.69, 9.17) is 5.73 Å². The average Bonchev–Trinajstić information content (AvgIpc) is 2.29. The number of halogens is 1. The fourth-order valence-electron chi connectivity index (χ4n) is 2.14. The Labute approximate surface area is 111 Å². The zero-order valence-electron chi connectivity index (χ0n) is 10.9. The molecule has 0 spiro atoms. The number of piperidine rings is 1. The van der Waals surface area contributed by atoms with E-state index in [1.54, 1.807) is 0 Å². The quantitative estimate of drug-likeness (QED) is 0.782. The maximum absolute atomic E-state index is 11.7. The van der Waals surface area contributed by atoms with Gasteiger partial charge in [0.2, 0.25) is 5.91 Å². The molecule has 1 rings (SSSR count). The van der Waals surface area contributed by atoms with Gasteiger partial charge in [-0.3, -0.25) is 9.69 Å². The second kappa shape index (κ2) is 8.72. The second-order valence-electron chi connectivity index (χ2n) is 4.73. The highest BCUT2D eigenvalue weighted by molar-refractivity contribution is 5.85. The highest BCUT2D eigenvalue weighted by Crippen LogP contribution is 2.15. The standard InChI is InChI=1S/C12H25N3O.ClH/c1-3-10(2)14-12(16)9-15-7-5-4-6-11(15)8-13;/h10-11H,3-9,13H2,1-2H3,(H,14,16);1H. The number of carbonyl (C=O) groups is 1. The summed E-state index contributed by atoms with van der Waals surface area (Å²) < 4.78 is 0. The van der Waals surface area contributed by atoms with Crippen molar-refractivity contribution in [3.8, 4) is 0 Å². The van der Waals surface area contributed by atoms with Crippen LogP contribution in [0.3, 0.4) is 0 Å². The highest BCUT2D eigenvalue weighted by atomic mass is 35.5. The number of nitrogens with zero attached hydrogens (tertiary/aromatic N) is 1. The van der Waals surface area contributed by atoms with Crippen molar-refractivity contribution in [2.45, 2.75) is 51.6 Å². The van der Waals surface area contributed by atoms with Crippen LogP contribution in [0.25, 0.3) is 0 Å². The maximum Gasteiger partial charge on any atom is 0.234 e. The van der Waals surface area contributed by atoms with Crippen LogP contribution in [-0.2, 0) is 4.79 Å². The Bertz CT molecular complexity index is 226. The lowest BCUT2D eigenvalue weighted by atomic mass is 10.0. The molecular weight excluding hydrogens is 238 g/mol. The topological polar surface area (TPSA) is 58.4 Å². The van der Waals surface area contributed by atoms with E-state index in [2.05, 4.69) is 17.1 Å². The monoisotopic (exact) mass is 263 g/mol. The summed E-state index contributed by atoms with van der Waals surface area (Å²) in [4.78, 5) is 14.0. The van der Waals surface area contributed by atoms with E-state index in [0.717, 1.165) is 19.4 Å². The minimum atomic E-state index is 0. The lowest BCUT2D eigenvalue weighted by Gasteiger charge is -2.34. The van der Waals surface area contributed by atoms with E-state index in [0.29, 0.717) is 19.1 Å². The van der Waals surface area contributed by atoms with Crippen LogP contribution < -0.4 is 11.1 Å². The van der Waals surface area contributed by atoms with Crippen molar-refractivity contribution in [1.82, 2.24) is 10.2 Å². The molecule has 3 N–H and O–H groups in total. The number of hydrogen-bond acceptors (Lipinski definition) is 3. The van der Waals surface area contributed by atoms with Crippen molar-refractivity contribution in [2.24, 2.45) is 5.73 Å². The summed E-state index contributed by atoms with van der Waals surface area (Å²) in [5.74, 6) is 0.134. The summed E-state index contributed by atoms with van der Waals surface area (Å²) in [6.45, 7) is 6.29. The van der Waals surface area contributed by atoms with Gasteiger partial charge in [-0.1, -0.05) is 13.3 Å². The maximum atomic E-state index is 11.7. The Balaban J connectivity index is 0.00000256. The third-order valence-corrected chi connectivity index (χ3v) is 3.39. The van der Waals surface area contributed by atoms with Gasteiger partial charge in [-0.05, 0) is 32.7 Å². The molecule has 2 atom stereocenters. The van der Waals surface area contributed by atoms with Gasteiger partial charge in [-0.15, -0.1) is 12.4 Å². The highest BCUT2D eigenvalue weighted by Gasteiger charge is 2.23. The zero-order valence-corrected chi connectivity index (χ0v) is 11.8. The SMILES string of the molecule is CCC(C)NC(=O)CN1CCCCC1CN.Cl. The van der Waals surface area contributed by atoms with E-state index < -0.39 is 0 Å². The molecule has 1 amide bonds. The molecule has 0 saturated carbocycles. The van der Waals surface area contributed by atoms with E-state index in [9.17, 15) is 4.79 Å². The first-order valence-corrected chi connectivity index (χ1v) is 6.40. The first-order valence-electron chi connectivity index (χ1n) is 6.40. The largest absolute Gasteiger partial charge is 0.353 e. The molecule has 1 saturated heterocycles. The fraction of sp³-hybridized carbons (Fsp3) is 0.917. The first-order chi connectivity index (χ1) is 7.67. The summed E-state index contributed by atoms with van der Waals surface area (Å²) in [7, 11) is 0. The zero-order chi connectivity index (χ0) is 12.0. The molecule has 0 aromatic carbocycles. The molecule has 0 bridgehead atoms. The average molecular weight is 264 g/mol. The van der Waals surface area contributed by atoms with E-state index in [1.165, 1.54) is 12.8 Å². The van der Waals surface area contributed by atoms with Gasteiger partial charge in [0, 0.05) is 18.6 Å². The summed E-state index contributed by atoms with van der Waals surface area (Å²) >= 11 is 0. The summed E-state index contributed by atoms with van der Waals surface area (Å²) in [6, 6.07) is 0.671. The third kappa shape index (κ3) is 5.70. The second-order valence-corrected chi connectivity index (χ2v) is 4.73. The van der Waals surface area contributed by atoms with Crippen LogP contribution in [0.4, 0.5) is 0 Å². The van der Waals surface area contributed by atoms with Crippen molar-refractivity contribution < 1.29 is 4.79 Å². The Hall–Kier alpha value is -0.320. The molecule has 0 aromatic rings. The molecule has 1 heterocycles. The molecule has 1 aliphatic rings. The Morgan fingerprint density at radius 2 is 2.24 bits per heavy atom. The van der Waals surface area contributed by atoms with E-state index >= 15 is 0 Å². The van der Waals surface area contributed by atoms with Crippen LogP contribution in [-0.4, -0.2) is 42.5 Å². The number of nitrogens with two attached hydrogens (primary N) is 1. The van der Waals surface area contributed by atoms with Gasteiger partial charge in [0.25, 0.3) is 0 Å². The molecule has 17 heavy (non-hydrogen) atoms. The van der Waals surface area contributed by atoms with Gasteiger partial charge in [0.05, 0.1) is 6.54 Å².